The molecule has 0 spiro atoms. The molecule has 1 rings (SSSR count). The highest BCUT2D eigenvalue weighted by Crippen LogP contribution is 2.16. The Morgan fingerprint density at radius 2 is 1.86 bits per heavy atom. The van der Waals surface area contributed by atoms with Gasteiger partial charge in [-0.05, 0) is 38.1 Å². The summed E-state index contributed by atoms with van der Waals surface area (Å²) in [5.74, 6) is -0.585. The van der Waals surface area contributed by atoms with Crippen molar-refractivity contribution in [2.45, 2.75) is 18.7 Å². The number of nitrogens with two attached hydrogens (primary N) is 1. The number of amides is 1. The lowest BCUT2D eigenvalue weighted by molar-refractivity contribution is -0.367. The number of nitrogens with zero attached hydrogens (tertiary/aromatic N) is 1. The Kier molecular flexibility index (Phi) is 6.07. The number of carbonyl (C=O) groups excluding carboxylic acids is 1. The topological polar surface area (TPSA) is 108 Å². The van der Waals surface area contributed by atoms with Crippen LogP contribution in [0.3, 0.4) is 0 Å². The molecule has 0 radical (unpaired) electrons. The monoisotopic (exact) mass is 312 g/mol. The van der Waals surface area contributed by atoms with Crippen molar-refractivity contribution in [3.63, 3.8) is 0 Å². The van der Waals surface area contributed by atoms with Gasteiger partial charge in [-0.25, -0.2) is 8.42 Å². The average Bonchev–Trinajstić information content (AvgIpc) is 2.43. The molecule has 0 aliphatic heterocycles. The summed E-state index contributed by atoms with van der Waals surface area (Å²) in [5.41, 5.74) is 10.2. The highest BCUT2D eigenvalue weighted by molar-refractivity contribution is 7.89. The van der Waals surface area contributed by atoms with Crippen molar-refractivity contribution >= 4 is 15.9 Å². The minimum atomic E-state index is -3.60. The van der Waals surface area contributed by atoms with Crippen LogP contribution < -0.4 is 11.5 Å². The maximum atomic E-state index is 12.6. The molecule has 7 heteroatoms. The molecule has 0 heterocycles. The number of hydrogen-bond donors (Lipinski definition) is 2. The van der Waals surface area contributed by atoms with Gasteiger partial charge < -0.3 is 11.5 Å². The smallest absolute Gasteiger partial charge is 0.248 e. The van der Waals surface area contributed by atoms with Gasteiger partial charge >= 0.3 is 0 Å². The van der Waals surface area contributed by atoms with E-state index in [-0.39, 0.29) is 10.5 Å². The molecule has 0 aliphatic carbocycles. The van der Waals surface area contributed by atoms with Crippen molar-refractivity contribution in [3.05, 3.63) is 41.5 Å². The Bertz CT molecular complexity index is 617. The molecule has 0 bridgehead atoms. The minimum Gasteiger partial charge on any atom is -0.366 e. The van der Waals surface area contributed by atoms with Crippen LogP contribution in [0.25, 0.3) is 0 Å². The molecular weight excluding hydrogens is 290 g/mol. The molecule has 1 aromatic rings. The maximum Gasteiger partial charge on any atom is 0.248 e. The van der Waals surface area contributed by atoms with Crippen molar-refractivity contribution in [2.24, 2.45) is 5.73 Å². The van der Waals surface area contributed by atoms with E-state index in [1.54, 1.807) is 0 Å². The van der Waals surface area contributed by atoms with Crippen LogP contribution >= 0.6 is 0 Å². The Morgan fingerprint density at radius 1 is 1.29 bits per heavy atom. The molecular formula is C14H22N3O3S+. The molecule has 0 aromatic heterocycles. The average molecular weight is 312 g/mol. The Morgan fingerprint density at radius 3 is 2.29 bits per heavy atom. The van der Waals surface area contributed by atoms with E-state index in [0.29, 0.717) is 19.6 Å². The van der Waals surface area contributed by atoms with Gasteiger partial charge in [-0.2, -0.15) is 4.31 Å². The molecule has 21 heavy (non-hydrogen) atoms. The number of benzene rings is 1. The molecule has 0 fully saturated rings. The highest BCUT2D eigenvalue weighted by Gasteiger charge is 2.23. The number of carbonyl (C=O) groups is 1. The first-order valence-electron chi connectivity index (χ1n) is 6.61. The van der Waals surface area contributed by atoms with E-state index in [0.717, 1.165) is 5.57 Å². The molecule has 5 N–H and O–H groups in total. The lowest BCUT2D eigenvalue weighted by Crippen LogP contribution is -2.55. The van der Waals surface area contributed by atoms with Crippen molar-refractivity contribution < 1.29 is 18.9 Å². The summed E-state index contributed by atoms with van der Waals surface area (Å²) < 4.78 is 26.5. The fraction of sp³-hybridized carbons (Fsp3) is 0.357. The first kappa shape index (κ1) is 17.4. The second kappa shape index (κ2) is 7.35. The van der Waals surface area contributed by atoms with E-state index < -0.39 is 15.9 Å². The largest absolute Gasteiger partial charge is 0.366 e. The second-order valence-corrected chi connectivity index (χ2v) is 6.82. The maximum absolute atomic E-state index is 12.6. The van der Waals surface area contributed by atoms with Gasteiger partial charge in [0.05, 0.1) is 18.0 Å². The van der Waals surface area contributed by atoms with Crippen LogP contribution in [0.1, 0.15) is 24.2 Å². The van der Waals surface area contributed by atoms with Gasteiger partial charge in [-0.1, -0.05) is 11.6 Å². The van der Waals surface area contributed by atoms with E-state index in [2.05, 4.69) is 5.73 Å². The van der Waals surface area contributed by atoms with Gasteiger partial charge in [0.1, 0.15) is 0 Å². The van der Waals surface area contributed by atoms with Crippen LogP contribution in [0.2, 0.25) is 0 Å². The third kappa shape index (κ3) is 4.66. The first-order chi connectivity index (χ1) is 9.78. The van der Waals surface area contributed by atoms with E-state index in [4.69, 9.17) is 5.73 Å². The molecule has 116 valence electrons. The van der Waals surface area contributed by atoms with Crippen LogP contribution in [-0.4, -0.2) is 38.3 Å². The van der Waals surface area contributed by atoms with Gasteiger partial charge in [0.2, 0.25) is 15.9 Å². The third-order valence-electron chi connectivity index (χ3n) is 2.89. The third-order valence-corrected chi connectivity index (χ3v) is 4.77. The molecule has 0 aliphatic rings. The normalized spacial score (nSPS) is 11.4. The fourth-order valence-electron chi connectivity index (χ4n) is 1.71. The number of rotatable bonds is 7. The lowest BCUT2D eigenvalue weighted by Gasteiger charge is -2.19. The van der Waals surface area contributed by atoms with Gasteiger partial charge in [-0.3, -0.25) is 4.79 Å². The summed E-state index contributed by atoms with van der Waals surface area (Å²) in [4.78, 5) is 11.2. The van der Waals surface area contributed by atoms with E-state index in [9.17, 15) is 13.2 Å². The quantitative estimate of drug-likeness (QED) is 0.691. The van der Waals surface area contributed by atoms with Gasteiger partial charge in [0, 0.05) is 12.1 Å². The Balaban J connectivity index is 3.09. The van der Waals surface area contributed by atoms with Crippen LogP contribution in [0.15, 0.2) is 40.8 Å². The van der Waals surface area contributed by atoms with Crippen molar-refractivity contribution in [2.75, 3.05) is 19.6 Å². The number of sulfonamides is 1. The number of allylic oxidation sites excluding steroid dienone is 1. The molecule has 6 nitrogen and oxygen atoms in total. The highest BCUT2D eigenvalue weighted by atomic mass is 32.2. The molecule has 0 atom stereocenters. The fourth-order valence-corrected chi connectivity index (χ4v) is 3.13. The van der Waals surface area contributed by atoms with Crippen molar-refractivity contribution in [1.82, 2.24) is 4.31 Å². The number of primary amides is 1. The molecule has 1 aromatic carbocycles. The second-order valence-electron chi connectivity index (χ2n) is 4.89. The molecule has 0 saturated heterocycles. The summed E-state index contributed by atoms with van der Waals surface area (Å²) in [6, 6.07) is 5.62. The van der Waals surface area contributed by atoms with E-state index in [1.165, 1.54) is 28.6 Å². The van der Waals surface area contributed by atoms with E-state index in [1.807, 2.05) is 19.9 Å². The van der Waals surface area contributed by atoms with Crippen molar-refractivity contribution in [1.29, 1.82) is 0 Å². The summed E-state index contributed by atoms with van der Waals surface area (Å²) >= 11 is 0. The predicted octanol–water partition coefficient (Wildman–Crippen LogP) is -0.0157. The summed E-state index contributed by atoms with van der Waals surface area (Å²) in [5, 5.41) is 0. The lowest BCUT2D eigenvalue weighted by atomic mass is 10.2. The Hall–Kier alpha value is -1.70. The van der Waals surface area contributed by atoms with Crippen LogP contribution in [0, 0.1) is 0 Å². The SMILES string of the molecule is CC(C)=CCN(CC[NH3+])S(=O)(=O)c1ccc(C(N)=O)cc1. The predicted molar refractivity (Wildman–Crippen MR) is 80.9 cm³/mol. The number of hydrogen-bond acceptors (Lipinski definition) is 3. The van der Waals surface area contributed by atoms with E-state index >= 15 is 0 Å². The van der Waals surface area contributed by atoms with Gasteiger partial charge in [0.25, 0.3) is 0 Å². The summed E-state index contributed by atoms with van der Waals surface area (Å²) in [7, 11) is -3.60. The molecule has 1 amide bonds. The van der Waals surface area contributed by atoms with Crippen molar-refractivity contribution in [3.8, 4) is 0 Å². The van der Waals surface area contributed by atoms with Crippen LogP contribution in [0.4, 0.5) is 0 Å². The van der Waals surface area contributed by atoms with Crippen LogP contribution in [0.5, 0.6) is 0 Å². The standard InChI is InChI=1S/C14H21N3O3S/c1-11(2)7-9-17(10-8-15)21(19,20)13-5-3-12(4-6-13)14(16)18/h3-7H,8-10,15H2,1-2H3,(H2,16,18)/p+1. The van der Waals surface area contributed by atoms with Crippen LogP contribution in [-0.2, 0) is 10.0 Å². The number of quaternary nitrogens is 1. The zero-order valence-electron chi connectivity index (χ0n) is 12.4. The molecule has 0 unspecified atom stereocenters. The minimum absolute atomic E-state index is 0.142. The van der Waals surface area contributed by atoms with Gasteiger partial charge in [-0.15, -0.1) is 0 Å². The molecule has 0 saturated carbocycles. The first-order valence-corrected chi connectivity index (χ1v) is 8.05. The summed E-state index contributed by atoms with van der Waals surface area (Å²) in [6.45, 7) is 4.95. The summed E-state index contributed by atoms with van der Waals surface area (Å²) in [6.07, 6.45) is 1.85. The van der Waals surface area contributed by atoms with Gasteiger partial charge in [0.15, 0.2) is 0 Å². The zero-order valence-corrected chi connectivity index (χ0v) is 13.2. The Labute approximate surface area is 125 Å². The zero-order chi connectivity index (χ0) is 16.0.